The zero-order valence-corrected chi connectivity index (χ0v) is 7.62. The van der Waals surface area contributed by atoms with E-state index in [-0.39, 0.29) is 0 Å². The van der Waals surface area contributed by atoms with Crippen LogP contribution in [0.3, 0.4) is 0 Å². The van der Waals surface area contributed by atoms with Crippen molar-refractivity contribution in [1.82, 2.24) is 0 Å². The van der Waals surface area contributed by atoms with Crippen LogP contribution >= 0.6 is 0 Å². The van der Waals surface area contributed by atoms with Crippen molar-refractivity contribution >= 4 is 4.23 Å². The molecule has 1 heteroatoms. The zero-order valence-electron chi connectivity index (χ0n) is 4.41. The maximum atomic E-state index is 2.19. The summed E-state index contributed by atoms with van der Waals surface area (Å²) in [5.41, 5.74) is 1.33. The van der Waals surface area contributed by atoms with Crippen molar-refractivity contribution in [3.05, 3.63) is 35.9 Å². The summed E-state index contributed by atoms with van der Waals surface area (Å²) in [6, 6.07) is 10.4. The molecule has 1 aromatic carbocycles. The van der Waals surface area contributed by atoms with Gasteiger partial charge in [0, 0.05) is 0 Å². The first kappa shape index (κ1) is 5.96. The van der Waals surface area contributed by atoms with Crippen LogP contribution in [0.1, 0.15) is 5.56 Å². The zero-order chi connectivity index (χ0) is 5.82. The summed E-state index contributed by atoms with van der Waals surface area (Å²) in [4.78, 5) is 0. The fraction of sp³-hybridized carbons (Fsp3) is 0. The van der Waals surface area contributed by atoms with Crippen molar-refractivity contribution < 1.29 is 20.6 Å². The molecule has 0 aromatic heterocycles. The van der Waals surface area contributed by atoms with E-state index < -0.39 is 0 Å². The summed E-state index contributed by atoms with van der Waals surface area (Å²) in [6.07, 6.45) is 0. The third kappa shape index (κ3) is 1.41. The van der Waals surface area contributed by atoms with Gasteiger partial charge in [0.2, 0.25) is 0 Å². The van der Waals surface area contributed by atoms with Crippen molar-refractivity contribution in [2.75, 3.05) is 0 Å². The Bertz CT molecular complexity index is 167. The Morgan fingerprint density at radius 1 is 1.12 bits per heavy atom. The normalized spacial score (nSPS) is 8.38. The van der Waals surface area contributed by atoms with Gasteiger partial charge in [-0.25, -0.2) is 0 Å². The molecule has 1 rings (SSSR count). The molecule has 0 fully saturated rings. The first-order chi connectivity index (χ1) is 3.93. The summed E-state index contributed by atoms with van der Waals surface area (Å²) >= 11 is 1.33. The van der Waals surface area contributed by atoms with Gasteiger partial charge in [-0.05, 0) is 0 Å². The Balaban J connectivity index is 2.99. The van der Waals surface area contributed by atoms with Crippen LogP contribution in [0.25, 0.3) is 0 Å². The van der Waals surface area contributed by atoms with Crippen LogP contribution in [-0.4, -0.2) is 4.23 Å². The van der Waals surface area contributed by atoms with Crippen molar-refractivity contribution in [2.24, 2.45) is 0 Å². The Kier molecular flexibility index (Phi) is 2.22. The van der Waals surface area contributed by atoms with Gasteiger partial charge < -0.3 is 0 Å². The summed E-state index contributed by atoms with van der Waals surface area (Å²) in [6.45, 7) is 0. The van der Waals surface area contributed by atoms with Crippen molar-refractivity contribution in [3.63, 3.8) is 0 Å². The molecule has 0 saturated heterocycles. The van der Waals surface area contributed by atoms with Gasteiger partial charge in [-0.3, -0.25) is 0 Å². The quantitative estimate of drug-likeness (QED) is 0.724. The molecule has 0 heterocycles. The molecule has 39 valence electrons. The van der Waals surface area contributed by atoms with Gasteiger partial charge in [0.25, 0.3) is 0 Å². The summed E-state index contributed by atoms with van der Waals surface area (Å²) in [7, 11) is 0. The Morgan fingerprint density at radius 3 is 2.12 bits per heavy atom. The molecule has 8 heavy (non-hydrogen) atoms. The van der Waals surface area contributed by atoms with Crippen LogP contribution in [0.4, 0.5) is 0 Å². The molecule has 0 aliphatic heterocycles. The molecule has 0 spiro atoms. The average molecular weight is 271 g/mol. The van der Waals surface area contributed by atoms with Gasteiger partial charge in [0.05, 0.1) is 0 Å². The summed E-state index contributed by atoms with van der Waals surface area (Å²) in [5.74, 6) is 0. The van der Waals surface area contributed by atoms with Gasteiger partial charge in [0.15, 0.2) is 0 Å². The monoisotopic (exact) mass is 271 g/mol. The maximum absolute atomic E-state index is 2.19. The van der Waals surface area contributed by atoms with E-state index in [1.54, 1.807) is 0 Å². The van der Waals surface area contributed by atoms with E-state index in [0.717, 1.165) is 0 Å². The van der Waals surface area contributed by atoms with Gasteiger partial charge >= 0.3 is 60.7 Å². The molecule has 0 bridgehead atoms. The predicted octanol–water partition coefficient (Wildman–Crippen LogP) is 1.38. The number of hydrogen-bond donors (Lipinski definition) is 0. The second-order valence-electron chi connectivity index (χ2n) is 1.54. The van der Waals surface area contributed by atoms with Crippen molar-refractivity contribution in [1.29, 1.82) is 0 Å². The molecular weight excluding hydrogens is 265 g/mol. The summed E-state index contributed by atoms with van der Waals surface area (Å²) < 4.78 is 2.19. The van der Waals surface area contributed by atoms with Crippen LogP contribution < -0.4 is 0 Å². The van der Waals surface area contributed by atoms with Crippen molar-refractivity contribution in [2.45, 2.75) is 0 Å². The minimum atomic E-state index is 1.33. The third-order valence-electron chi connectivity index (χ3n) is 0.949. The Morgan fingerprint density at radius 2 is 1.75 bits per heavy atom. The molecule has 0 amide bonds. The number of benzene rings is 1. The average Bonchev–Trinajstić information content (AvgIpc) is 1.90. The van der Waals surface area contributed by atoms with Gasteiger partial charge in [-0.1, -0.05) is 0 Å². The molecule has 0 nitrogen and oxygen atoms in total. The van der Waals surface area contributed by atoms with E-state index in [1.165, 1.54) is 26.2 Å². The molecule has 0 N–H and O–H groups in total. The Hall–Kier alpha value is -0.170. The fourth-order valence-corrected chi connectivity index (χ4v) is 1.16. The van der Waals surface area contributed by atoms with E-state index >= 15 is 0 Å². The van der Waals surface area contributed by atoms with E-state index in [2.05, 4.69) is 28.5 Å². The molecule has 0 aliphatic rings. The molecule has 1 aromatic rings. The molecule has 0 atom stereocenters. The van der Waals surface area contributed by atoms with Gasteiger partial charge in [-0.15, -0.1) is 0 Å². The third-order valence-corrected chi connectivity index (χ3v) is 2.02. The predicted molar refractivity (Wildman–Crippen MR) is 31.6 cm³/mol. The van der Waals surface area contributed by atoms with Crippen molar-refractivity contribution in [3.8, 4) is 0 Å². The molecule has 0 saturated carbocycles. The van der Waals surface area contributed by atoms with Crippen LogP contribution in [0.5, 0.6) is 0 Å². The topological polar surface area (TPSA) is 0 Å². The Labute approximate surface area is 61.0 Å². The van der Waals surface area contributed by atoms with E-state index in [4.69, 9.17) is 0 Å². The van der Waals surface area contributed by atoms with Crippen LogP contribution in [0.2, 0.25) is 0 Å². The van der Waals surface area contributed by atoms with Gasteiger partial charge in [0.1, 0.15) is 0 Å². The number of rotatable bonds is 1. The number of hydrogen-bond acceptors (Lipinski definition) is 0. The second-order valence-corrected chi connectivity index (χ2v) is 2.47. The fourth-order valence-electron chi connectivity index (χ4n) is 0.539. The molecular formula is C7H6Ta. The standard InChI is InChI=1S/C7H6.Ta/c1-7-5-3-2-4-6-7;/h1-6H;. The first-order valence-corrected chi connectivity index (χ1v) is 4.31. The minimum absolute atomic E-state index is 1.33. The molecule has 0 radical (unpaired) electrons. The second kappa shape index (κ2) is 2.98. The first-order valence-electron chi connectivity index (χ1n) is 2.46. The van der Waals surface area contributed by atoms with Crippen LogP contribution in [0.15, 0.2) is 30.3 Å². The van der Waals surface area contributed by atoms with Gasteiger partial charge in [-0.2, -0.15) is 0 Å². The van der Waals surface area contributed by atoms with E-state index in [0.29, 0.717) is 0 Å². The van der Waals surface area contributed by atoms with Crippen LogP contribution in [-0.2, 0) is 20.6 Å². The molecule has 0 aliphatic carbocycles. The van der Waals surface area contributed by atoms with E-state index in [9.17, 15) is 0 Å². The SMILES string of the molecule is [Ta]=[CH]c1ccccc1. The summed E-state index contributed by atoms with van der Waals surface area (Å²) in [5, 5.41) is 0. The molecule has 0 unspecified atom stereocenters. The van der Waals surface area contributed by atoms with Crippen LogP contribution in [0, 0.1) is 0 Å². The van der Waals surface area contributed by atoms with E-state index in [1.807, 2.05) is 6.07 Å².